The molecule has 0 aliphatic heterocycles. The zero-order chi connectivity index (χ0) is 23.6. The molecule has 8 heteroatoms. The molecular formula is C23H25F2N3O3. The molecule has 2 unspecified atom stereocenters. The van der Waals surface area contributed by atoms with Gasteiger partial charge in [0.25, 0.3) is 12.3 Å². The molecule has 0 bridgehead atoms. The number of hydrogen-bond acceptors (Lipinski definition) is 4. The molecule has 6 N–H and O–H groups in total. The number of alkyl halides is 2. The molecule has 0 aliphatic rings. The van der Waals surface area contributed by atoms with Crippen molar-refractivity contribution < 1.29 is 23.5 Å². The predicted molar refractivity (Wildman–Crippen MR) is 115 cm³/mol. The van der Waals surface area contributed by atoms with Crippen LogP contribution in [0.5, 0.6) is 0 Å². The van der Waals surface area contributed by atoms with E-state index in [-0.39, 0.29) is 12.2 Å². The largest absolute Gasteiger partial charge is 0.392 e. The molecule has 0 aliphatic carbocycles. The first-order chi connectivity index (χ1) is 14.6. The van der Waals surface area contributed by atoms with Crippen molar-refractivity contribution in [1.82, 2.24) is 5.32 Å². The van der Waals surface area contributed by atoms with Gasteiger partial charge in [0.1, 0.15) is 11.6 Å². The van der Waals surface area contributed by atoms with Gasteiger partial charge in [0.05, 0.1) is 6.61 Å². The third kappa shape index (κ3) is 7.03. The van der Waals surface area contributed by atoms with E-state index >= 15 is 0 Å². The molecule has 164 valence electrons. The molecule has 0 fully saturated rings. The SMILES string of the molecule is C=C.CC(N)(C(F)F)C(NC(=O)c1ccc(C#Cc2ccc(CO)cc2)cc1)C(N)=O. The lowest BCUT2D eigenvalue weighted by molar-refractivity contribution is -0.123. The minimum atomic E-state index is -3.07. The Labute approximate surface area is 179 Å². The highest BCUT2D eigenvalue weighted by Crippen LogP contribution is 2.17. The molecule has 0 saturated heterocycles. The Morgan fingerprint density at radius 1 is 1.06 bits per heavy atom. The fourth-order valence-corrected chi connectivity index (χ4v) is 2.42. The third-order valence-electron chi connectivity index (χ3n) is 4.29. The Hall–Kier alpha value is -3.54. The zero-order valence-corrected chi connectivity index (χ0v) is 17.1. The summed E-state index contributed by atoms with van der Waals surface area (Å²) in [6.45, 7) is 6.90. The van der Waals surface area contributed by atoms with Crippen LogP contribution in [0.15, 0.2) is 61.7 Å². The summed E-state index contributed by atoms with van der Waals surface area (Å²) in [5.74, 6) is 3.96. The number of carbonyl (C=O) groups excluding carboxylic acids is 2. The van der Waals surface area contributed by atoms with Gasteiger partial charge in [-0.05, 0) is 48.9 Å². The van der Waals surface area contributed by atoms with Crippen LogP contribution in [0, 0.1) is 11.8 Å². The van der Waals surface area contributed by atoms with Gasteiger partial charge in [-0.15, -0.1) is 13.2 Å². The molecular weight excluding hydrogens is 404 g/mol. The highest BCUT2D eigenvalue weighted by Gasteiger charge is 2.43. The molecule has 0 radical (unpaired) electrons. The number of nitrogens with two attached hydrogens (primary N) is 2. The van der Waals surface area contributed by atoms with Gasteiger partial charge < -0.3 is 21.9 Å². The summed E-state index contributed by atoms with van der Waals surface area (Å²) in [7, 11) is 0. The van der Waals surface area contributed by atoms with Gasteiger partial charge in [0.2, 0.25) is 5.91 Å². The van der Waals surface area contributed by atoms with Crippen molar-refractivity contribution in [1.29, 1.82) is 0 Å². The molecule has 0 saturated carbocycles. The van der Waals surface area contributed by atoms with Crippen molar-refractivity contribution in [3.8, 4) is 11.8 Å². The average molecular weight is 429 g/mol. The fraction of sp³-hybridized carbons (Fsp3) is 0.217. The summed E-state index contributed by atoms with van der Waals surface area (Å²) >= 11 is 0. The van der Waals surface area contributed by atoms with Gasteiger partial charge in [0.15, 0.2) is 0 Å². The van der Waals surface area contributed by atoms with Gasteiger partial charge in [-0.1, -0.05) is 24.0 Å². The van der Waals surface area contributed by atoms with Crippen molar-refractivity contribution in [3.05, 3.63) is 83.9 Å². The van der Waals surface area contributed by atoms with Crippen LogP contribution in [0.1, 0.15) is 34.0 Å². The van der Waals surface area contributed by atoms with Crippen LogP contribution in [-0.4, -0.2) is 34.9 Å². The summed E-state index contributed by atoms with van der Waals surface area (Å²) < 4.78 is 26.2. The van der Waals surface area contributed by atoms with E-state index in [0.717, 1.165) is 18.1 Å². The molecule has 31 heavy (non-hydrogen) atoms. The number of rotatable bonds is 6. The van der Waals surface area contributed by atoms with Crippen molar-refractivity contribution >= 4 is 11.8 Å². The van der Waals surface area contributed by atoms with Crippen molar-refractivity contribution in [2.24, 2.45) is 11.5 Å². The molecule has 0 spiro atoms. The lowest BCUT2D eigenvalue weighted by Crippen LogP contribution is -2.65. The number of hydrogen-bond donors (Lipinski definition) is 4. The number of halogens is 2. The Balaban J connectivity index is 0.00000233. The molecule has 2 atom stereocenters. The van der Waals surface area contributed by atoms with Gasteiger partial charge in [-0.25, -0.2) is 8.78 Å². The van der Waals surface area contributed by atoms with Crippen LogP contribution in [0.3, 0.4) is 0 Å². The average Bonchev–Trinajstić information content (AvgIpc) is 2.77. The predicted octanol–water partition coefficient (Wildman–Crippen LogP) is 1.95. The Morgan fingerprint density at radius 3 is 1.90 bits per heavy atom. The third-order valence-corrected chi connectivity index (χ3v) is 4.29. The van der Waals surface area contributed by atoms with E-state index in [2.05, 4.69) is 30.3 Å². The van der Waals surface area contributed by atoms with E-state index in [1.165, 1.54) is 12.1 Å². The Bertz CT molecular complexity index is 947. The maximum absolute atomic E-state index is 13.1. The van der Waals surface area contributed by atoms with Crippen LogP contribution in [-0.2, 0) is 11.4 Å². The van der Waals surface area contributed by atoms with E-state index in [0.29, 0.717) is 5.56 Å². The Kier molecular flexibility index (Phi) is 9.54. The van der Waals surface area contributed by atoms with Crippen LogP contribution >= 0.6 is 0 Å². The maximum atomic E-state index is 13.1. The molecule has 0 aromatic heterocycles. The lowest BCUT2D eigenvalue weighted by atomic mass is 9.93. The first-order valence-corrected chi connectivity index (χ1v) is 9.14. The normalized spacial score (nSPS) is 13.0. The van der Waals surface area contributed by atoms with E-state index < -0.39 is 29.8 Å². The zero-order valence-electron chi connectivity index (χ0n) is 17.1. The molecule has 0 heterocycles. The quantitative estimate of drug-likeness (QED) is 0.415. The number of carbonyl (C=O) groups is 2. The smallest absolute Gasteiger partial charge is 0.258 e. The monoisotopic (exact) mass is 429 g/mol. The highest BCUT2D eigenvalue weighted by molar-refractivity contribution is 5.97. The second kappa shape index (κ2) is 11.6. The minimum Gasteiger partial charge on any atom is -0.392 e. The number of nitrogens with one attached hydrogen (secondary N) is 1. The minimum absolute atomic E-state index is 0.0472. The standard InChI is InChI=1S/C21H21F2N3O3.C2H4/c1-21(25,20(22)23)17(18(24)28)26-19(29)16-10-8-14(9-11-16)3-2-13-4-6-15(12-27)7-5-13;1-2/h4-11,17,20,27H,12,25H2,1H3,(H2,24,28)(H,26,29);1-2H2. The van der Waals surface area contributed by atoms with Crippen molar-refractivity contribution in [2.45, 2.75) is 31.5 Å². The number of aliphatic hydroxyl groups excluding tert-OH is 1. The molecule has 2 rings (SSSR count). The number of primary amides is 1. The first-order valence-electron chi connectivity index (χ1n) is 9.14. The molecule has 6 nitrogen and oxygen atoms in total. The topological polar surface area (TPSA) is 118 Å². The van der Waals surface area contributed by atoms with Crippen LogP contribution in [0.25, 0.3) is 0 Å². The van der Waals surface area contributed by atoms with Crippen molar-refractivity contribution in [3.63, 3.8) is 0 Å². The summed E-state index contributed by atoms with van der Waals surface area (Å²) in [4.78, 5) is 23.8. The van der Waals surface area contributed by atoms with Crippen LogP contribution in [0.4, 0.5) is 8.78 Å². The summed E-state index contributed by atoms with van der Waals surface area (Å²) in [6, 6.07) is 11.4. The number of amides is 2. The summed E-state index contributed by atoms with van der Waals surface area (Å²) in [5.41, 5.74) is 10.6. The first kappa shape index (κ1) is 25.5. The van der Waals surface area contributed by atoms with E-state index in [4.69, 9.17) is 16.6 Å². The van der Waals surface area contributed by atoms with Gasteiger partial charge in [-0.3, -0.25) is 9.59 Å². The van der Waals surface area contributed by atoms with Crippen molar-refractivity contribution in [2.75, 3.05) is 0 Å². The van der Waals surface area contributed by atoms with E-state index in [1.54, 1.807) is 36.4 Å². The van der Waals surface area contributed by atoms with Gasteiger partial charge in [-0.2, -0.15) is 0 Å². The second-order valence-corrected chi connectivity index (χ2v) is 6.66. The second-order valence-electron chi connectivity index (χ2n) is 6.66. The number of aliphatic hydroxyl groups is 1. The summed E-state index contributed by atoms with van der Waals surface area (Å²) in [5, 5.41) is 11.2. The van der Waals surface area contributed by atoms with Gasteiger partial charge in [0, 0.05) is 16.7 Å². The summed E-state index contributed by atoms with van der Waals surface area (Å²) in [6.07, 6.45) is -3.07. The molecule has 2 aromatic rings. The molecule has 2 aromatic carbocycles. The fourth-order valence-electron chi connectivity index (χ4n) is 2.42. The van der Waals surface area contributed by atoms with Crippen LogP contribution in [0.2, 0.25) is 0 Å². The highest BCUT2D eigenvalue weighted by atomic mass is 19.3. The Morgan fingerprint density at radius 2 is 1.52 bits per heavy atom. The van der Waals surface area contributed by atoms with Crippen LogP contribution < -0.4 is 16.8 Å². The molecule has 2 amide bonds. The van der Waals surface area contributed by atoms with Gasteiger partial charge >= 0.3 is 0 Å². The van der Waals surface area contributed by atoms with E-state index in [9.17, 15) is 18.4 Å². The van der Waals surface area contributed by atoms with E-state index in [1.807, 2.05) is 0 Å². The maximum Gasteiger partial charge on any atom is 0.258 e. The number of benzene rings is 2. The lowest BCUT2D eigenvalue weighted by Gasteiger charge is -2.31.